The maximum atomic E-state index is 12.7. The average molecular weight is 414 g/mol. The number of hydrogen-bond acceptors (Lipinski definition) is 6. The van der Waals surface area contributed by atoms with Crippen LogP contribution in [-0.2, 0) is 30.3 Å². The molecule has 1 aliphatic rings. The highest BCUT2D eigenvalue weighted by Gasteiger charge is 2.46. The Hall–Kier alpha value is -3.23. The Morgan fingerprint density at radius 3 is 2.37 bits per heavy atom. The number of nitrogens with zero attached hydrogens (tertiary/aromatic N) is 4. The number of non-ortho nitro benzene ring substituents is 1. The molecule has 0 fully saturated rings. The number of carbonyl (C=O) groups is 2. The number of Topliss-reactive ketones (excluding diaryl/α,β-unsaturated/α-hetero) is 1. The molecule has 0 N–H and O–H groups in total. The fraction of sp³-hybridized carbons (Fsp3) is 0.476. The highest BCUT2D eigenvalue weighted by Crippen LogP contribution is 2.41. The smallest absolute Gasteiger partial charge is 0.411 e. The number of amides is 1. The maximum absolute atomic E-state index is 12.7. The third-order valence-electron chi connectivity index (χ3n) is 5.14. The molecule has 0 atom stereocenters. The van der Waals surface area contributed by atoms with Crippen LogP contribution in [-0.4, -0.2) is 37.1 Å². The number of rotatable bonds is 4. The van der Waals surface area contributed by atoms with E-state index in [1.54, 1.807) is 16.6 Å². The van der Waals surface area contributed by atoms with E-state index in [4.69, 9.17) is 4.74 Å². The summed E-state index contributed by atoms with van der Waals surface area (Å²) in [5.41, 5.74) is 1.34. The van der Waals surface area contributed by atoms with Crippen molar-refractivity contribution in [1.82, 2.24) is 14.7 Å². The summed E-state index contributed by atoms with van der Waals surface area (Å²) < 4.78 is 7.26. The van der Waals surface area contributed by atoms with Gasteiger partial charge >= 0.3 is 6.09 Å². The molecular weight excluding hydrogens is 388 g/mol. The number of ketones is 1. The number of aromatic nitrogens is 2. The molecule has 1 aromatic carbocycles. The van der Waals surface area contributed by atoms with Crippen LogP contribution in [0.4, 0.5) is 10.5 Å². The molecule has 0 radical (unpaired) electrons. The van der Waals surface area contributed by atoms with Crippen molar-refractivity contribution < 1.29 is 19.2 Å². The number of nitro groups is 1. The molecule has 0 unspecified atom stereocenters. The Morgan fingerprint density at radius 1 is 1.23 bits per heavy atom. The molecule has 0 aliphatic carbocycles. The lowest BCUT2D eigenvalue weighted by atomic mass is 9.98. The van der Waals surface area contributed by atoms with E-state index in [9.17, 15) is 19.7 Å². The topological polar surface area (TPSA) is 108 Å². The van der Waals surface area contributed by atoms with Crippen LogP contribution in [0.15, 0.2) is 24.3 Å². The first-order chi connectivity index (χ1) is 13.8. The third kappa shape index (κ3) is 3.92. The molecule has 2 aromatic rings. The van der Waals surface area contributed by atoms with Gasteiger partial charge < -0.3 is 4.74 Å². The highest BCUT2D eigenvalue weighted by atomic mass is 16.6. The molecule has 1 aliphatic heterocycles. The average Bonchev–Trinajstić information content (AvgIpc) is 3.08. The zero-order valence-electron chi connectivity index (χ0n) is 18.1. The second kappa shape index (κ2) is 7.23. The fourth-order valence-electron chi connectivity index (χ4n) is 3.81. The van der Waals surface area contributed by atoms with Gasteiger partial charge in [0, 0.05) is 30.3 Å². The Kier molecular flexibility index (Phi) is 5.17. The second-order valence-corrected chi connectivity index (χ2v) is 8.93. The zero-order chi connectivity index (χ0) is 22.4. The van der Waals surface area contributed by atoms with E-state index >= 15 is 0 Å². The van der Waals surface area contributed by atoms with Crippen LogP contribution in [0.25, 0.3) is 0 Å². The molecule has 0 saturated heterocycles. The summed E-state index contributed by atoms with van der Waals surface area (Å²) in [7, 11) is 1.79. The van der Waals surface area contributed by atoms with E-state index < -0.39 is 22.2 Å². The lowest BCUT2D eigenvalue weighted by Crippen LogP contribution is -2.44. The van der Waals surface area contributed by atoms with Crippen LogP contribution in [0.2, 0.25) is 0 Å². The lowest BCUT2D eigenvalue weighted by Gasteiger charge is -2.34. The number of fused-ring (bicyclic) bond motifs is 1. The van der Waals surface area contributed by atoms with Crippen molar-refractivity contribution in [1.29, 1.82) is 0 Å². The van der Waals surface area contributed by atoms with E-state index in [0.29, 0.717) is 17.8 Å². The van der Waals surface area contributed by atoms with Gasteiger partial charge in [-0.1, -0.05) is 0 Å². The largest absolute Gasteiger partial charge is 0.444 e. The molecule has 1 aromatic heterocycles. The predicted octanol–water partition coefficient (Wildman–Crippen LogP) is 3.74. The molecule has 1 amide bonds. The summed E-state index contributed by atoms with van der Waals surface area (Å²) in [6, 6.07) is 5.51. The minimum atomic E-state index is -0.645. The molecule has 0 spiro atoms. The first-order valence-corrected chi connectivity index (χ1v) is 9.65. The fourth-order valence-corrected chi connectivity index (χ4v) is 3.81. The van der Waals surface area contributed by atoms with Crippen LogP contribution >= 0.6 is 0 Å². The molecule has 30 heavy (non-hydrogen) atoms. The standard InChI is InChI=1S/C21H26N4O5/c1-20(2,3)30-19(27)24-12-15-16(22-23(6)18(15)21(24,4)5)11-17(26)13-7-9-14(10-8-13)25(28)29/h7-10H,11-12H2,1-6H3. The Bertz CT molecular complexity index is 1020. The summed E-state index contributed by atoms with van der Waals surface area (Å²) in [5, 5.41) is 15.3. The number of benzene rings is 1. The van der Waals surface area contributed by atoms with Crippen molar-refractivity contribution in [3.05, 3.63) is 56.9 Å². The van der Waals surface area contributed by atoms with Crippen LogP contribution in [0.1, 0.15) is 61.9 Å². The van der Waals surface area contributed by atoms with Gasteiger partial charge in [0.2, 0.25) is 0 Å². The van der Waals surface area contributed by atoms with Crippen LogP contribution < -0.4 is 0 Å². The first-order valence-electron chi connectivity index (χ1n) is 9.65. The first kappa shape index (κ1) is 21.5. The number of hydrogen-bond donors (Lipinski definition) is 0. The molecular formula is C21H26N4O5. The summed E-state index contributed by atoms with van der Waals surface area (Å²) in [5.74, 6) is -0.195. The van der Waals surface area contributed by atoms with Gasteiger partial charge in [0.25, 0.3) is 5.69 Å². The van der Waals surface area contributed by atoms with E-state index in [1.165, 1.54) is 24.3 Å². The third-order valence-corrected chi connectivity index (χ3v) is 5.14. The van der Waals surface area contributed by atoms with Crippen molar-refractivity contribution in [2.24, 2.45) is 7.05 Å². The minimum absolute atomic E-state index is 0.0409. The zero-order valence-corrected chi connectivity index (χ0v) is 18.1. The van der Waals surface area contributed by atoms with Gasteiger partial charge in [0.1, 0.15) is 5.60 Å². The summed E-state index contributed by atoms with van der Waals surface area (Å²) in [6.07, 6.45) is -0.379. The molecule has 0 bridgehead atoms. The van der Waals surface area contributed by atoms with E-state index in [0.717, 1.165) is 11.3 Å². The second-order valence-electron chi connectivity index (χ2n) is 8.93. The van der Waals surface area contributed by atoms with Crippen LogP contribution in [0.3, 0.4) is 0 Å². The van der Waals surface area contributed by atoms with Crippen molar-refractivity contribution in [2.75, 3.05) is 0 Å². The van der Waals surface area contributed by atoms with Gasteiger partial charge in [-0.05, 0) is 46.8 Å². The minimum Gasteiger partial charge on any atom is -0.444 e. The quantitative estimate of drug-likeness (QED) is 0.428. The number of ether oxygens (including phenoxy) is 1. The number of nitro benzene ring substituents is 1. The van der Waals surface area contributed by atoms with Gasteiger partial charge in [-0.3, -0.25) is 24.5 Å². The lowest BCUT2D eigenvalue weighted by molar-refractivity contribution is -0.384. The summed E-state index contributed by atoms with van der Waals surface area (Å²) in [4.78, 5) is 37.4. The van der Waals surface area contributed by atoms with Gasteiger partial charge in [0.05, 0.1) is 34.8 Å². The van der Waals surface area contributed by atoms with E-state index in [2.05, 4.69) is 5.10 Å². The Morgan fingerprint density at radius 2 is 1.83 bits per heavy atom. The van der Waals surface area contributed by atoms with Crippen LogP contribution in [0, 0.1) is 10.1 Å². The SMILES string of the molecule is Cn1nc(CC(=O)c2ccc([N+](=O)[O-])cc2)c2c1C(C)(C)N(C(=O)OC(C)(C)C)C2. The number of carbonyl (C=O) groups excluding carboxylic acids is 2. The van der Waals surface area contributed by atoms with Gasteiger partial charge in [-0.15, -0.1) is 0 Å². The molecule has 3 rings (SSSR count). The highest BCUT2D eigenvalue weighted by molar-refractivity contribution is 5.97. The summed E-state index contributed by atoms with van der Waals surface area (Å²) >= 11 is 0. The molecule has 9 heteroatoms. The van der Waals surface area contributed by atoms with Gasteiger partial charge in [0.15, 0.2) is 5.78 Å². The Balaban J connectivity index is 1.86. The van der Waals surface area contributed by atoms with Crippen LogP contribution in [0.5, 0.6) is 0 Å². The van der Waals surface area contributed by atoms with Gasteiger partial charge in [-0.25, -0.2) is 4.79 Å². The monoisotopic (exact) mass is 414 g/mol. The van der Waals surface area contributed by atoms with Crippen molar-refractivity contribution >= 4 is 17.6 Å². The maximum Gasteiger partial charge on any atom is 0.411 e. The Labute approximate surface area is 174 Å². The van der Waals surface area contributed by atoms with Crippen molar-refractivity contribution in [2.45, 2.75) is 58.7 Å². The summed E-state index contributed by atoms with van der Waals surface area (Å²) in [6.45, 7) is 9.59. The van der Waals surface area contributed by atoms with Crippen molar-refractivity contribution in [3.8, 4) is 0 Å². The van der Waals surface area contributed by atoms with Gasteiger partial charge in [-0.2, -0.15) is 5.10 Å². The normalized spacial score (nSPS) is 15.1. The molecule has 9 nitrogen and oxygen atoms in total. The van der Waals surface area contributed by atoms with E-state index in [-0.39, 0.29) is 17.9 Å². The predicted molar refractivity (Wildman–Crippen MR) is 109 cm³/mol. The van der Waals surface area contributed by atoms with Crippen molar-refractivity contribution in [3.63, 3.8) is 0 Å². The van der Waals surface area contributed by atoms with E-state index in [1.807, 2.05) is 34.6 Å². The number of aryl methyl sites for hydroxylation is 1. The molecule has 2 heterocycles. The molecule has 0 saturated carbocycles. The molecule has 160 valence electrons.